The molecule has 0 aromatic heterocycles. The lowest BCUT2D eigenvalue weighted by molar-refractivity contribution is -0.145. The number of aliphatic carboxylic acids is 1. The third kappa shape index (κ3) is 6.17. The average Bonchev–Trinajstić information content (AvgIpc) is 2.79. The number of rotatable bonds is 10. The highest BCUT2D eigenvalue weighted by Gasteiger charge is 2.18. The van der Waals surface area contributed by atoms with Gasteiger partial charge in [-0.15, -0.1) is 0 Å². The van der Waals surface area contributed by atoms with E-state index in [0.717, 1.165) is 16.7 Å². The van der Waals surface area contributed by atoms with Gasteiger partial charge in [-0.05, 0) is 42.2 Å². The molecule has 3 aromatic rings. The van der Waals surface area contributed by atoms with Crippen LogP contribution in [0.4, 0.5) is 4.39 Å². The van der Waals surface area contributed by atoms with Crippen molar-refractivity contribution in [1.82, 2.24) is 0 Å². The fourth-order valence-corrected chi connectivity index (χ4v) is 3.22. The topological polar surface area (TPSA) is 68.1 Å². The molecule has 0 saturated carbocycles. The summed E-state index contributed by atoms with van der Waals surface area (Å²) in [5.41, 5.74) is 3.84. The van der Waals surface area contributed by atoms with Crippen molar-refractivity contribution in [1.29, 1.82) is 0 Å². The molecule has 166 valence electrons. The van der Waals surface area contributed by atoms with E-state index < -0.39 is 12.1 Å². The maximum Gasteiger partial charge on any atom is 0.344 e. The zero-order valence-corrected chi connectivity index (χ0v) is 18.1. The first-order valence-electron chi connectivity index (χ1n) is 10.4. The highest BCUT2D eigenvalue weighted by Crippen LogP contribution is 2.22. The van der Waals surface area contributed by atoms with Crippen LogP contribution in [0.15, 0.2) is 78.0 Å². The molecule has 0 fully saturated rings. The van der Waals surface area contributed by atoms with Gasteiger partial charge in [0.25, 0.3) is 0 Å². The summed E-state index contributed by atoms with van der Waals surface area (Å²) in [7, 11) is 0. The second-order valence-electron chi connectivity index (χ2n) is 7.40. The summed E-state index contributed by atoms with van der Waals surface area (Å²) in [6.07, 6.45) is -0.0213. The van der Waals surface area contributed by atoms with Crippen molar-refractivity contribution < 1.29 is 23.9 Å². The summed E-state index contributed by atoms with van der Waals surface area (Å²) in [4.78, 5) is 16.8. The number of carboxylic acid groups (broad SMARTS) is 1. The van der Waals surface area contributed by atoms with Gasteiger partial charge >= 0.3 is 5.97 Å². The van der Waals surface area contributed by atoms with Crippen LogP contribution in [0, 0.1) is 12.7 Å². The second-order valence-corrected chi connectivity index (χ2v) is 7.40. The van der Waals surface area contributed by atoms with Crippen molar-refractivity contribution in [3.63, 3.8) is 0 Å². The molecular formula is C26H26FNO4. The quantitative estimate of drug-likeness (QED) is 0.335. The van der Waals surface area contributed by atoms with Gasteiger partial charge in [0, 0.05) is 12.0 Å². The number of nitrogens with zero attached hydrogens (tertiary/aromatic N) is 1. The number of carboxylic acids is 1. The molecule has 32 heavy (non-hydrogen) atoms. The third-order valence-corrected chi connectivity index (χ3v) is 4.99. The fourth-order valence-electron chi connectivity index (χ4n) is 3.22. The van der Waals surface area contributed by atoms with Crippen LogP contribution in [0.3, 0.4) is 0 Å². The smallest absolute Gasteiger partial charge is 0.344 e. The predicted molar refractivity (Wildman–Crippen MR) is 121 cm³/mol. The molecule has 5 nitrogen and oxygen atoms in total. The number of oxime groups is 1. The number of benzene rings is 3. The normalized spacial score (nSPS) is 12.3. The minimum atomic E-state index is -0.985. The Morgan fingerprint density at radius 2 is 1.78 bits per heavy atom. The Kier molecular flexibility index (Phi) is 7.97. The van der Waals surface area contributed by atoms with Gasteiger partial charge in [0.05, 0.1) is 5.71 Å². The number of hydrogen-bond acceptors (Lipinski definition) is 4. The van der Waals surface area contributed by atoms with Crippen LogP contribution in [-0.2, 0) is 22.7 Å². The first kappa shape index (κ1) is 23.0. The van der Waals surface area contributed by atoms with Crippen molar-refractivity contribution in [2.24, 2.45) is 5.16 Å². The Morgan fingerprint density at radius 3 is 2.44 bits per heavy atom. The minimum absolute atomic E-state index is 0.0302. The minimum Gasteiger partial charge on any atom is -0.479 e. The van der Waals surface area contributed by atoms with E-state index in [1.165, 1.54) is 6.07 Å². The summed E-state index contributed by atoms with van der Waals surface area (Å²) in [5, 5.41) is 13.5. The van der Waals surface area contributed by atoms with Crippen molar-refractivity contribution in [2.45, 2.75) is 39.4 Å². The van der Waals surface area contributed by atoms with Gasteiger partial charge in [0.1, 0.15) is 18.2 Å². The molecule has 0 heterocycles. The molecule has 0 spiro atoms. The molecule has 1 atom stereocenters. The summed E-state index contributed by atoms with van der Waals surface area (Å²) in [6.45, 7) is 3.68. The zero-order chi connectivity index (χ0) is 22.9. The van der Waals surface area contributed by atoms with Crippen molar-refractivity contribution >= 4 is 11.7 Å². The molecule has 0 aliphatic rings. The van der Waals surface area contributed by atoms with E-state index in [9.17, 15) is 14.3 Å². The van der Waals surface area contributed by atoms with E-state index in [1.54, 1.807) is 31.2 Å². The molecule has 3 rings (SSSR count). The van der Waals surface area contributed by atoms with Crippen molar-refractivity contribution in [2.75, 3.05) is 0 Å². The van der Waals surface area contributed by atoms with Crippen LogP contribution in [-0.4, -0.2) is 22.9 Å². The molecular weight excluding hydrogens is 409 g/mol. The van der Waals surface area contributed by atoms with Crippen LogP contribution in [0.5, 0.6) is 5.75 Å². The summed E-state index contributed by atoms with van der Waals surface area (Å²) in [5.74, 6) is -0.777. The van der Waals surface area contributed by atoms with Gasteiger partial charge < -0.3 is 14.7 Å². The number of hydrogen-bond donors (Lipinski definition) is 1. The summed E-state index contributed by atoms with van der Waals surface area (Å²) in [6, 6.07) is 21.7. The molecule has 0 radical (unpaired) electrons. The average molecular weight is 435 g/mol. The van der Waals surface area contributed by atoms with Gasteiger partial charge in [-0.3, -0.25) is 0 Å². The standard InChI is InChI=1S/C26H26FNO4/c1-3-24(26(29)30)32-25-14-13-19(15-18(25)2)16-23(20-9-5-4-6-10-20)28-31-17-21-11-7-8-12-22(21)27/h4-15,24H,3,16-17H2,1-2H3,(H,29,30). The highest BCUT2D eigenvalue weighted by atomic mass is 19.1. The number of carbonyl (C=O) groups is 1. The van der Waals surface area contributed by atoms with Crippen molar-refractivity contribution in [3.8, 4) is 5.75 Å². The van der Waals surface area contributed by atoms with Crippen LogP contribution < -0.4 is 4.74 Å². The lowest BCUT2D eigenvalue weighted by Gasteiger charge is -2.16. The Balaban J connectivity index is 1.78. The fraction of sp³-hybridized carbons (Fsp3) is 0.231. The predicted octanol–water partition coefficient (Wildman–Crippen LogP) is 5.54. The van der Waals surface area contributed by atoms with Crippen LogP contribution in [0.2, 0.25) is 0 Å². The number of halogens is 1. The zero-order valence-electron chi connectivity index (χ0n) is 18.1. The van der Waals surface area contributed by atoms with E-state index in [0.29, 0.717) is 29.9 Å². The Labute approximate surface area is 187 Å². The molecule has 0 bridgehead atoms. The Morgan fingerprint density at radius 1 is 1.06 bits per heavy atom. The monoisotopic (exact) mass is 435 g/mol. The van der Waals surface area contributed by atoms with Crippen LogP contribution in [0.25, 0.3) is 0 Å². The lowest BCUT2D eigenvalue weighted by atomic mass is 10.0. The maximum atomic E-state index is 13.9. The number of ether oxygens (including phenoxy) is 1. The van der Waals surface area contributed by atoms with E-state index >= 15 is 0 Å². The van der Waals surface area contributed by atoms with Gasteiger partial charge in [0.15, 0.2) is 6.10 Å². The molecule has 6 heteroatoms. The van der Waals surface area contributed by atoms with E-state index in [2.05, 4.69) is 5.16 Å². The first-order chi connectivity index (χ1) is 15.5. The Hall–Kier alpha value is -3.67. The molecule has 1 N–H and O–H groups in total. The largest absolute Gasteiger partial charge is 0.479 e. The SMILES string of the molecule is CCC(Oc1ccc(CC(=NOCc2ccccc2F)c2ccccc2)cc1C)C(=O)O. The maximum absolute atomic E-state index is 13.9. The number of aryl methyl sites for hydroxylation is 1. The molecule has 1 unspecified atom stereocenters. The Bertz CT molecular complexity index is 1080. The van der Waals surface area contributed by atoms with E-state index in [4.69, 9.17) is 9.57 Å². The highest BCUT2D eigenvalue weighted by molar-refractivity contribution is 6.01. The van der Waals surface area contributed by atoms with Gasteiger partial charge in [-0.25, -0.2) is 9.18 Å². The van der Waals surface area contributed by atoms with Crippen LogP contribution >= 0.6 is 0 Å². The van der Waals surface area contributed by atoms with Gasteiger partial charge in [-0.2, -0.15) is 0 Å². The molecule has 0 saturated heterocycles. The second kappa shape index (κ2) is 11.1. The van der Waals surface area contributed by atoms with Gasteiger partial charge in [0.2, 0.25) is 0 Å². The van der Waals surface area contributed by atoms with E-state index in [1.807, 2.05) is 49.4 Å². The third-order valence-electron chi connectivity index (χ3n) is 4.99. The summed E-state index contributed by atoms with van der Waals surface area (Å²) >= 11 is 0. The van der Waals surface area contributed by atoms with Gasteiger partial charge in [-0.1, -0.05) is 72.7 Å². The van der Waals surface area contributed by atoms with Crippen LogP contribution in [0.1, 0.15) is 35.6 Å². The lowest BCUT2D eigenvalue weighted by Crippen LogP contribution is -2.26. The molecule has 0 amide bonds. The molecule has 0 aliphatic heterocycles. The first-order valence-corrected chi connectivity index (χ1v) is 10.4. The van der Waals surface area contributed by atoms with E-state index in [-0.39, 0.29) is 12.4 Å². The molecule has 0 aliphatic carbocycles. The summed E-state index contributed by atoms with van der Waals surface area (Å²) < 4.78 is 19.5. The van der Waals surface area contributed by atoms with Crippen molar-refractivity contribution in [3.05, 3.63) is 101 Å². The molecule has 3 aromatic carbocycles.